The van der Waals surface area contributed by atoms with E-state index in [2.05, 4.69) is 4.98 Å². The lowest BCUT2D eigenvalue weighted by atomic mass is 9.81. The molecule has 0 aliphatic heterocycles. The average molecular weight is 287 g/mol. The minimum Gasteiger partial charge on any atom is -0.364 e. The first-order chi connectivity index (χ1) is 9.59. The Morgan fingerprint density at radius 2 is 1.90 bits per heavy atom. The first kappa shape index (κ1) is 12.9. The number of rotatable bonds is 1. The number of carbonyl (C=O) groups is 1. The molecule has 1 aromatic heterocycles. The fraction of sp³-hybridized carbons (Fsp3) is 0.200. The smallest absolute Gasteiger partial charge is 0.221 e. The summed E-state index contributed by atoms with van der Waals surface area (Å²) in [5.41, 5.74) is 2.96. The van der Waals surface area contributed by atoms with Gasteiger partial charge in [-0.15, -0.1) is 0 Å². The number of hydrogen-bond acceptors (Lipinski definition) is 3. The fourth-order valence-electron chi connectivity index (χ4n) is 2.78. The topological polar surface area (TPSA) is 67.0 Å². The van der Waals surface area contributed by atoms with Crippen molar-refractivity contribution < 1.29 is 13.2 Å². The summed E-state index contributed by atoms with van der Waals surface area (Å²) in [7, 11) is -2.51. The van der Waals surface area contributed by atoms with Gasteiger partial charge in [-0.3, -0.25) is 4.79 Å². The molecule has 0 fully saturated rings. The van der Waals surface area contributed by atoms with Crippen LogP contribution < -0.4 is 0 Å². The number of ketones is 1. The second-order valence-electron chi connectivity index (χ2n) is 4.92. The van der Waals surface area contributed by atoms with E-state index in [1.54, 1.807) is 13.1 Å². The van der Waals surface area contributed by atoms with Gasteiger partial charge in [-0.05, 0) is 18.1 Å². The summed E-state index contributed by atoms with van der Waals surface area (Å²) in [6.45, 7) is 1.81. The Morgan fingerprint density at radius 3 is 2.55 bits per heavy atom. The number of benzene rings is 1. The fourth-order valence-corrected chi connectivity index (χ4v) is 3.48. The summed E-state index contributed by atoms with van der Waals surface area (Å²) in [6, 6.07) is 9.27. The SMILES string of the molecule is Cc1c[nH]c2c1C(=O)C(=S(=O)=O)C(c1ccccc1)C2. The van der Waals surface area contributed by atoms with Gasteiger partial charge >= 0.3 is 0 Å². The van der Waals surface area contributed by atoms with Crippen LogP contribution in [0.4, 0.5) is 0 Å². The Kier molecular flexibility index (Phi) is 3.06. The normalized spacial score (nSPS) is 17.9. The van der Waals surface area contributed by atoms with E-state index in [-0.39, 0.29) is 10.6 Å². The maximum absolute atomic E-state index is 12.5. The Labute approximate surface area is 118 Å². The maximum Gasteiger partial charge on any atom is 0.221 e. The molecule has 3 rings (SSSR count). The van der Waals surface area contributed by atoms with E-state index in [0.29, 0.717) is 12.0 Å². The minimum atomic E-state index is -2.51. The molecule has 102 valence electrons. The number of carbonyl (C=O) groups excluding carboxylic acids is 1. The van der Waals surface area contributed by atoms with Crippen molar-refractivity contribution in [1.82, 2.24) is 4.98 Å². The lowest BCUT2D eigenvalue weighted by Crippen LogP contribution is -2.31. The van der Waals surface area contributed by atoms with Crippen LogP contribution in [0.2, 0.25) is 0 Å². The van der Waals surface area contributed by atoms with Gasteiger partial charge in [-0.1, -0.05) is 30.3 Å². The van der Waals surface area contributed by atoms with Crippen molar-refractivity contribution in [3.05, 3.63) is 58.9 Å². The molecule has 1 N–H and O–H groups in total. The van der Waals surface area contributed by atoms with Crippen molar-refractivity contribution in [2.24, 2.45) is 0 Å². The number of H-pyrrole nitrogens is 1. The Bertz CT molecular complexity index is 808. The molecule has 1 unspecified atom stereocenters. The van der Waals surface area contributed by atoms with Crippen LogP contribution in [0, 0.1) is 6.92 Å². The largest absolute Gasteiger partial charge is 0.364 e. The molecule has 0 radical (unpaired) electrons. The summed E-state index contributed by atoms with van der Waals surface area (Å²) >= 11 is 0. The van der Waals surface area contributed by atoms with Crippen molar-refractivity contribution in [2.75, 3.05) is 0 Å². The molecule has 5 heteroatoms. The molecule has 1 aliphatic rings. The van der Waals surface area contributed by atoms with Crippen LogP contribution in [0.3, 0.4) is 0 Å². The van der Waals surface area contributed by atoms with Crippen molar-refractivity contribution in [3.8, 4) is 0 Å². The summed E-state index contributed by atoms with van der Waals surface area (Å²) in [5, 5.41) is 0. The van der Waals surface area contributed by atoms with Crippen molar-refractivity contribution in [3.63, 3.8) is 0 Å². The first-order valence-corrected chi connectivity index (χ1v) is 7.39. The number of hydrogen-bond donors (Lipinski definition) is 1. The van der Waals surface area contributed by atoms with Crippen LogP contribution >= 0.6 is 0 Å². The predicted octanol–water partition coefficient (Wildman–Crippen LogP) is 1.90. The molecule has 0 bridgehead atoms. The van der Waals surface area contributed by atoms with Gasteiger partial charge in [-0.2, -0.15) is 8.42 Å². The van der Waals surface area contributed by atoms with Crippen LogP contribution in [0.15, 0.2) is 36.5 Å². The second kappa shape index (κ2) is 4.76. The van der Waals surface area contributed by atoms with Crippen molar-refractivity contribution in [2.45, 2.75) is 19.3 Å². The zero-order chi connectivity index (χ0) is 14.3. The number of aromatic amines is 1. The van der Waals surface area contributed by atoms with E-state index < -0.39 is 16.2 Å². The molecule has 4 nitrogen and oxygen atoms in total. The molecule has 0 amide bonds. The lowest BCUT2D eigenvalue weighted by molar-refractivity contribution is 0.106. The van der Waals surface area contributed by atoms with Crippen molar-refractivity contribution in [1.29, 1.82) is 0 Å². The molecule has 1 aliphatic carbocycles. The molecule has 0 saturated heterocycles. The van der Waals surface area contributed by atoms with E-state index in [1.165, 1.54) is 0 Å². The quantitative estimate of drug-likeness (QED) is 0.815. The van der Waals surface area contributed by atoms with Crippen LogP contribution in [0.1, 0.15) is 33.1 Å². The van der Waals surface area contributed by atoms with Gasteiger partial charge in [0.1, 0.15) is 4.86 Å². The van der Waals surface area contributed by atoms with E-state index in [0.717, 1.165) is 16.8 Å². The Hall–Kier alpha value is -2.14. The van der Waals surface area contributed by atoms with E-state index in [1.807, 2.05) is 30.3 Å². The van der Waals surface area contributed by atoms with Gasteiger partial charge in [0, 0.05) is 29.8 Å². The summed E-state index contributed by atoms with van der Waals surface area (Å²) < 4.78 is 23.0. The Balaban J connectivity index is 2.23. The van der Waals surface area contributed by atoms with Crippen LogP contribution in [0.5, 0.6) is 0 Å². The summed E-state index contributed by atoms with van der Waals surface area (Å²) in [5.74, 6) is -0.792. The molecular formula is C15H13NO3S. The highest BCUT2D eigenvalue weighted by atomic mass is 32.2. The average Bonchev–Trinajstić information content (AvgIpc) is 2.81. The maximum atomic E-state index is 12.5. The zero-order valence-corrected chi connectivity index (χ0v) is 11.7. The van der Waals surface area contributed by atoms with Crippen LogP contribution in [-0.4, -0.2) is 24.0 Å². The standard InChI is InChI=1S/C15H13NO3S/c1-9-8-16-12-7-11(10-5-3-2-4-6-10)15(20(18)19)14(17)13(9)12/h2-6,8,11,16H,7H2,1H3. The molecule has 2 aromatic rings. The first-order valence-electron chi connectivity index (χ1n) is 6.32. The molecular weight excluding hydrogens is 274 g/mol. The number of aromatic nitrogens is 1. The summed E-state index contributed by atoms with van der Waals surface area (Å²) in [6.07, 6.45) is 2.25. The number of aryl methyl sites for hydroxylation is 1. The second-order valence-corrected chi connectivity index (χ2v) is 5.83. The lowest BCUT2D eigenvalue weighted by Gasteiger charge is -2.22. The molecule has 20 heavy (non-hydrogen) atoms. The van der Waals surface area contributed by atoms with Gasteiger partial charge in [0.05, 0.1) is 0 Å². The van der Waals surface area contributed by atoms with Gasteiger partial charge in [0.15, 0.2) is 0 Å². The Morgan fingerprint density at radius 1 is 1.20 bits per heavy atom. The van der Waals surface area contributed by atoms with E-state index in [9.17, 15) is 13.2 Å². The third-order valence-corrected chi connectivity index (χ3v) is 4.55. The zero-order valence-electron chi connectivity index (χ0n) is 10.9. The monoisotopic (exact) mass is 287 g/mol. The van der Waals surface area contributed by atoms with Crippen LogP contribution in [0.25, 0.3) is 0 Å². The third-order valence-electron chi connectivity index (χ3n) is 3.72. The third kappa shape index (κ3) is 1.91. The van der Waals surface area contributed by atoms with Gasteiger partial charge in [-0.25, -0.2) is 0 Å². The van der Waals surface area contributed by atoms with Gasteiger partial charge in [0.2, 0.25) is 16.1 Å². The van der Waals surface area contributed by atoms with Crippen LogP contribution in [-0.2, 0) is 16.7 Å². The number of nitrogens with one attached hydrogen (secondary N) is 1. The highest BCUT2D eigenvalue weighted by Gasteiger charge is 2.35. The minimum absolute atomic E-state index is 0.0357. The molecule has 1 aromatic carbocycles. The molecule has 1 atom stereocenters. The summed E-state index contributed by atoms with van der Waals surface area (Å²) in [4.78, 5) is 15.5. The number of Topliss-reactive ketones (excluding diaryl/α,β-unsaturated/α-hetero) is 1. The van der Waals surface area contributed by atoms with E-state index in [4.69, 9.17) is 0 Å². The predicted molar refractivity (Wildman–Crippen MR) is 76.7 cm³/mol. The van der Waals surface area contributed by atoms with Gasteiger partial charge in [0.25, 0.3) is 0 Å². The highest BCUT2D eigenvalue weighted by molar-refractivity contribution is 7.75. The van der Waals surface area contributed by atoms with Crippen molar-refractivity contribution >= 4 is 20.9 Å². The van der Waals surface area contributed by atoms with E-state index >= 15 is 0 Å². The van der Waals surface area contributed by atoms with Gasteiger partial charge < -0.3 is 4.98 Å². The molecule has 1 heterocycles. The number of fused-ring (bicyclic) bond motifs is 1. The highest BCUT2D eigenvalue weighted by Crippen LogP contribution is 2.31. The molecule has 0 spiro atoms. The molecule has 0 saturated carbocycles.